The van der Waals surface area contributed by atoms with Crippen LogP contribution in [0.4, 0.5) is 0 Å². The molecule has 0 saturated heterocycles. The lowest BCUT2D eigenvalue weighted by Crippen LogP contribution is -2.31. The number of fused-ring (bicyclic) bond motifs is 1. The highest BCUT2D eigenvalue weighted by atomic mass is 32.2. The van der Waals surface area contributed by atoms with Crippen LogP contribution in [0.2, 0.25) is 0 Å². The lowest BCUT2D eigenvalue weighted by molar-refractivity contribution is -0.145. The maximum absolute atomic E-state index is 12.6. The second-order valence-corrected chi connectivity index (χ2v) is 9.75. The quantitative estimate of drug-likeness (QED) is 0.174. The summed E-state index contributed by atoms with van der Waals surface area (Å²) >= 11 is 0.905. The Hall–Kier alpha value is -3.38. The molecule has 0 radical (unpaired) electrons. The number of nitriles is 1. The number of carbonyl (C=O) groups is 2. The molecule has 0 fully saturated rings. The molecule has 8 nitrogen and oxygen atoms in total. The summed E-state index contributed by atoms with van der Waals surface area (Å²) in [6.45, 7) is 4.94. The summed E-state index contributed by atoms with van der Waals surface area (Å²) in [4.78, 5) is 24.0. The van der Waals surface area contributed by atoms with Gasteiger partial charge in [0.2, 0.25) is 0 Å². The number of carboxylic acid groups (broad SMARTS) is 1. The van der Waals surface area contributed by atoms with Crippen LogP contribution < -0.4 is 18.9 Å². The van der Waals surface area contributed by atoms with Crippen LogP contribution in [0.3, 0.4) is 0 Å². The average molecular weight is 542 g/mol. The predicted molar refractivity (Wildman–Crippen MR) is 146 cm³/mol. The van der Waals surface area contributed by atoms with Crippen LogP contribution >= 0.6 is 11.8 Å². The number of Topliss-reactive ketones (excluding diaryl/α,β-unsaturated/α-hetero) is 1. The fourth-order valence-electron chi connectivity index (χ4n) is 4.57. The van der Waals surface area contributed by atoms with Gasteiger partial charge < -0.3 is 24.1 Å². The number of thioether (sulfide) groups is 1. The van der Waals surface area contributed by atoms with Crippen molar-refractivity contribution in [2.75, 3.05) is 26.1 Å². The number of thiocyanates is 1. The van der Waals surface area contributed by atoms with E-state index < -0.39 is 12.1 Å². The number of benzene rings is 2. The SMILES string of the molecule is CCCc1c(OCCCOc2ccc(C(=O)CSC#N)c(OC)c2CCC)ccc2c1OC(C(=O)O)CC2. The maximum Gasteiger partial charge on any atom is 0.344 e. The highest BCUT2D eigenvalue weighted by molar-refractivity contribution is 8.04. The van der Waals surface area contributed by atoms with Gasteiger partial charge in [-0.05, 0) is 61.2 Å². The molecule has 2 aromatic rings. The minimum atomic E-state index is -0.945. The molecular formula is C29H35NO7S. The highest BCUT2D eigenvalue weighted by Gasteiger charge is 2.28. The molecule has 204 valence electrons. The Kier molecular flexibility index (Phi) is 11.2. The molecule has 0 amide bonds. The van der Waals surface area contributed by atoms with Gasteiger partial charge in [0, 0.05) is 17.5 Å². The molecule has 0 saturated carbocycles. The second-order valence-electron chi connectivity index (χ2n) is 8.99. The molecule has 38 heavy (non-hydrogen) atoms. The maximum atomic E-state index is 12.6. The normalized spacial score (nSPS) is 14.1. The molecule has 2 aromatic carbocycles. The van der Waals surface area contributed by atoms with Crippen molar-refractivity contribution in [2.24, 2.45) is 0 Å². The lowest BCUT2D eigenvalue weighted by Gasteiger charge is -2.26. The molecule has 1 aliphatic rings. The first-order valence-electron chi connectivity index (χ1n) is 13.0. The number of ether oxygens (including phenoxy) is 4. The standard InChI is InChI=1S/C29H35NO7S/c1-4-7-21-24(12-9-19-10-13-26(29(32)33)37-27(19)21)35-15-6-16-36-25-14-11-20(23(31)17-38-18-30)28(34-3)22(25)8-5-2/h9,11-12,14,26H,4-8,10,13,15-17H2,1-3H3,(H,32,33). The van der Waals surface area contributed by atoms with Gasteiger partial charge in [-0.3, -0.25) is 4.79 Å². The van der Waals surface area contributed by atoms with Gasteiger partial charge in [-0.25, -0.2) is 4.79 Å². The Balaban J connectivity index is 1.66. The zero-order chi connectivity index (χ0) is 27.5. The summed E-state index contributed by atoms with van der Waals surface area (Å²) < 4.78 is 23.6. The van der Waals surface area contributed by atoms with E-state index in [1.807, 2.05) is 24.5 Å². The molecule has 3 rings (SSSR count). The summed E-state index contributed by atoms with van der Waals surface area (Å²) in [5.41, 5.74) is 3.24. The molecule has 0 spiro atoms. The van der Waals surface area contributed by atoms with E-state index in [-0.39, 0.29) is 11.5 Å². The van der Waals surface area contributed by atoms with Crippen LogP contribution in [-0.4, -0.2) is 49.0 Å². The Morgan fingerprint density at radius 2 is 1.74 bits per heavy atom. The van der Waals surface area contributed by atoms with Gasteiger partial charge in [0.1, 0.15) is 28.4 Å². The van der Waals surface area contributed by atoms with Crippen molar-refractivity contribution < 1.29 is 33.6 Å². The molecule has 1 atom stereocenters. The van der Waals surface area contributed by atoms with Crippen molar-refractivity contribution in [3.05, 3.63) is 46.5 Å². The van der Waals surface area contributed by atoms with E-state index in [4.69, 9.17) is 24.2 Å². The number of carboxylic acids is 1. The van der Waals surface area contributed by atoms with E-state index in [1.165, 1.54) is 7.11 Å². The zero-order valence-electron chi connectivity index (χ0n) is 22.2. The Labute approximate surface area is 228 Å². The van der Waals surface area contributed by atoms with Crippen molar-refractivity contribution >= 4 is 23.5 Å². The molecule has 1 heterocycles. The van der Waals surface area contributed by atoms with Gasteiger partial charge in [0.25, 0.3) is 0 Å². The van der Waals surface area contributed by atoms with Crippen LogP contribution in [0.5, 0.6) is 23.0 Å². The number of hydrogen-bond acceptors (Lipinski definition) is 8. The summed E-state index contributed by atoms with van der Waals surface area (Å²) in [6, 6.07) is 7.38. The third kappa shape index (κ3) is 7.13. The first-order valence-corrected chi connectivity index (χ1v) is 14.0. The molecule has 0 bridgehead atoms. The minimum absolute atomic E-state index is 0.0701. The number of rotatable bonds is 15. The van der Waals surface area contributed by atoms with Crippen molar-refractivity contribution in [1.82, 2.24) is 0 Å². The van der Waals surface area contributed by atoms with E-state index >= 15 is 0 Å². The lowest BCUT2D eigenvalue weighted by atomic mass is 9.96. The monoisotopic (exact) mass is 541 g/mol. The summed E-state index contributed by atoms with van der Waals surface area (Å²) in [6.07, 6.45) is 4.08. The third-order valence-electron chi connectivity index (χ3n) is 6.30. The van der Waals surface area contributed by atoms with E-state index in [1.54, 1.807) is 12.1 Å². The van der Waals surface area contributed by atoms with E-state index in [9.17, 15) is 14.7 Å². The van der Waals surface area contributed by atoms with Crippen molar-refractivity contribution in [1.29, 1.82) is 5.26 Å². The van der Waals surface area contributed by atoms with Gasteiger partial charge in [-0.15, -0.1) is 0 Å². The minimum Gasteiger partial charge on any atom is -0.496 e. The molecule has 0 aliphatic carbocycles. The van der Waals surface area contributed by atoms with Crippen molar-refractivity contribution in [2.45, 2.75) is 64.9 Å². The number of nitrogens with zero attached hydrogens (tertiary/aromatic N) is 1. The Morgan fingerprint density at radius 3 is 2.37 bits per heavy atom. The smallest absolute Gasteiger partial charge is 0.344 e. The van der Waals surface area contributed by atoms with Gasteiger partial charge in [0.15, 0.2) is 11.9 Å². The highest BCUT2D eigenvalue weighted by Crippen LogP contribution is 2.38. The summed E-state index contributed by atoms with van der Waals surface area (Å²) in [7, 11) is 1.54. The Bertz CT molecular complexity index is 1170. The third-order valence-corrected chi connectivity index (χ3v) is 6.84. The van der Waals surface area contributed by atoms with Crippen molar-refractivity contribution in [3.8, 4) is 28.4 Å². The molecule has 1 aliphatic heterocycles. The van der Waals surface area contributed by atoms with E-state index in [0.29, 0.717) is 67.5 Å². The molecular weight excluding hydrogens is 506 g/mol. The largest absolute Gasteiger partial charge is 0.496 e. The van der Waals surface area contributed by atoms with Crippen LogP contribution in [0, 0.1) is 10.7 Å². The second kappa shape index (κ2) is 14.5. The molecule has 9 heteroatoms. The summed E-state index contributed by atoms with van der Waals surface area (Å²) in [5, 5.41) is 20.1. The average Bonchev–Trinajstić information content (AvgIpc) is 2.92. The summed E-state index contributed by atoms with van der Waals surface area (Å²) in [5.74, 6) is 1.50. The van der Waals surface area contributed by atoms with Crippen LogP contribution in [0.1, 0.15) is 66.6 Å². The van der Waals surface area contributed by atoms with Crippen LogP contribution in [-0.2, 0) is 24.1 Å². The van der Waals surface area contributed by atoms with Crippen LogP contribution in [0.25, 0.3) is 0 Å². The number of methoxy groups -OCH3 is 1. The first kappa shape index (κ1) is 29.2. The first-order chi connectivity index (χ1) is 18.4. The molecule has 1 N–H and O–H groups in total. The van der Waals surface area contributed by atoms with E-state index in [2.05, 4.69) is 6.92 Å². The number of ketones is 1. The fraction of sp³-hybridized carbons (Fsp3) is 0.483. The zero-order valence-corrected chi connectivity index (χ0v) is 23.0. The van der Waals surface area contributed by atoms with Gasteiger partial charge >= 0.3 is 5.97 Å². The fourth-order valence-corrected chi connectivity index (χ4v) is 4.92. The van der Waals surface area contributed by atoms with E-state index in [0.717, 1.165) is 47.7 Å². The van der Waals surface area contributed by atoms with Crippen LogP contribution in [0.15, 0.2) is 24.3 Å². The van der Waals surface area contributed by atoms with Gasteiger partial charge in [-0.2, -0.15) is 5.26 Å². The van der Waals surface area contributed by atoms with Gasteiger partial charge in [-0.1, -0.05) is 32.8 Å². The molecule has 0 aromatic heterocycles. The van der Waals surface area contributed by atoms with Crippen molar-refractivity contribution in [3.63, 3.8) is 0 Å². The number of carbonyl (C=O) groups excluding carboxylic acids is 1. The predicted octanol–water partition coefficient (Wildman–Crippen LogP) is 5.62. The molecule has 1 unspecified atom stereocenters. The topological polar surface area (TPSA) is 115 Å². The van der Waals surface area contributed by atoms with Gasteiger partial charge in [0.05, 0.1) is 31.6 Å². The number of aliphatic carboxylic acids is 1. The number of aryl methyl sites for hydroxylation is 1. The number of hydrogen-bond donors (Lipinski definition) is 1. The Morgan fingerprint density at radius 1 is 1.08 bits per heavy atom.